The van der Waals surface area contributed by atoms with Crippen molar-refractivity contribution in [2.45, 2.75) is 25.5 Å². The molecular weight excluding hydrogens is 222 g/mol. The minimum Gasteiger partial charge on any atom is -0.386 e. The Hall–Kier alpha value is -1.64. The summed E-state index contributed by atoms with van der Waals surface area (Å²) in [5.74, 6) is 0. The highest BCUT2D eigenvalue weighted by Gasteiger charge is 2.20. The van der Waals surface area contributed by atoms with Crippen LogP contribution in [0.25, 0.3) is 0 Å². The molecule has 2 atom stereocenters. The van der Waals surface area contributed by atoms with Crippen molar-refractivity contribution in [3.63, 3.8) is 0 Å². The molecule has 0 fully saturated rings. The van der Waals surface area contributed by atoms with Crippen LogP contribution in [0.15, 0.2) is 54.6 Å². The third-order valence-electron chi connectivity index (χ3n) is 3.28. The number of hydrogen-bond acceptors (Lipinski definition) is 2. The minimum atomic E-state index is -0.663. The highest BCUT2D eigenvalue weighted by atomic mass is 16.3. The van der Waals surface area contributed by atoms with E-state index in [2.05, 4.69) is 6.92 Å². The van der Waals surface area contributed by atoms with E-state index in [9.17, 15) is 5.11 Å². The SMILES string of the molecule is CCc1ccccc1C(O)C(N)c1ccccc1. The second kappa shape index (κ2) is 5.80. The lowest BCUT2D eigenvalue weighted by molar-refractivity contribution is 0.146. The summed E-state index contributed by atoms with van der Waals surface area (Å²) >= 11 is 0. The third-order valence-corrected chi connectivity index (χ3v) is 3.28. The number of aliphatic hydroxyl groups is 1. The zero-order valence-corrected chi connectivity index (χ0v) is 10.6. The van der Waals surface area contributed by atoms with E-state index in [-0.39, 0.29) is 6.04 Å². The number of aliphatic hydroxyl groups excluding tert-OH is 1. The van der Waals surface area contributed by atoms with E-state index in [0.29, 0.717) is 0 Å². The molecule has 2 aromatic rings. The van der Waals surface area contributed by atoms with Gasteiger partial charge in [0.05, 0.1) is 12.1 Å². The van der Waals surface area contributed by atoms with Gasteiger partial charge in [-0.2, -0.15) is 0 Å². The molecule has 0 spiro atoms. The molecule has 2 heteroatoms. The van der Waals surface area contributed by atoms with E-state index in [1.54, 1.807) is 0 Å². The number of rotatable bonds is 4. The van der Waals surface area contributed by atoms with Gasteiger partial charge in [0.1, 0.15) is 0 Å². The van der Waals surface area contributed by atoms with Crippen LogP contribution < -0.4 is 5.73 Å². The van der Waals surface area contributed by atoms with Gasteiger partial charge in [0.2, 0.25) is 0 Å². The topological polar surface area (TPSA) is 46.2 Å². The Balaban J connectivity index is 2.28. The van der Waals surface area contributed by atoms with Crippen molar-refractivity contribution in [1.82, 2.24) is 0 Å². The van der Waals surface area contributed by atoms with Crippen molar-refractivity contribution in [3.8, 4) is 0 Å². The summed E-state index contributed by atoms with van der Waals surface area (Å²) in [5, 5.41) is 10.4. The molecule has 2 nitrogen and oxygen atoms in total. The van der Waals surface area contributed by atoms with Crippen LogP contribution in [0.1, 0.15) is 35.8 Å². The monoisotopic (exact) mass is 241 g/mol. The molecule has 0 saturated heterocycles. The van der Waals surface area contributed by atoms with Crippen LogP contribution in [0.4, 0.5) is 0 Å². The molecule has 2 rings (SSSR count). The molecule has 0 saturated carbocycles. The van der Waals surface area contributed by atoms with E-state index in [1.165, 1.54) is 0 Å². The molecule has 0 amide bonds. The Morgan fingerprint density at radius 3 is 2.28 bits per heavy atom. The van der Waals surface area contributed by atoms with E-state index >= 15 is 0 Å². The molecule has 0 aromatic heterocycles. The van der Waals surface area contributed by atoms with Gasteiger partial charge in [-0.15, -0.1) is 0 Å². The van der Waals surface area contributed by atoms with Crippen LogP contribution >= 0.6 is 0 Å². The smallest absolute Gasteiger partial charge is 0.0985 e. The van der Waals surface area contributed by atoms with Crippen LogP contribution in [-0.4, -0.2) is 5.11 Å². The van der Waals surface area contributed by atoms with Crippen molar-refractivity contribution in [3.05, 3.63) is 71.3 Å². The lowest BCUT2D eigenvalue weighted by Crippen LogP contribution is -2.20. The lowest BCUT2D eigenvalue weighted by atomic mass is 9.92. The summed E-state index contributed by atoms with van der Waals surface area (Å²) < 4.78 is 0. The summed E-state index contributed by atoms with van der Waals surface area (Å²) in [7, 11) is 0. The minimum absolute atomic E-state index is 0.390. The third kappa shape index (κ3) is 2.61. The van der Waals surface area contributed by atoms with Crippen molar-refractivity contribution in [2.24, 2.45) is 5.73 Å². The first-order valence-corrected chi connectivity index (χ1v) is 6.30. The van der Waals surface area contributed by atoms with Crippen molar-refractivity contribution < 1.29 is 5.11 Å². The highest BCUT2D eigenvalue weighted by Crippen LogP contribution is 2.28. The fourth-order valence-corrected chi connectivity index (χ4v) is 2.20. The van der Waals surface area contributed by atoms with Crippen molar-refractivity contribution in [1.29, 1.82) is 0 Å². The molecule has 0 aliphatic carbocycles. The molecule has 18 heavy (non-hydrogen) atoms. The highest BCUT2D eigenvalue weighted by molar-refractivity contribution is 5.32. The van der Waals surface area contributed by atoms with Crippen LogP contribution in [0.2, 0.25) is 0 Å². The first-order valence-electron chi connectivity index (χ1n) is 6.30. The number of nitrogens with two attached hydrogens (primary N) is 1. The van der Waals surface area contributed by atoms with Crippen molar-refractivity contribution >= 4 is 0 Å². The Bertz CT molecular complexity index is 495. The van der Waals surface area contributed by atoms with Crippen LogP contribution in [0.5, 0.6) is 0 Å². The standard InChI is InChI=1S/C16H19NO/c1-2-12-8-6-7-11-14(12)16(18)15(17)13-9-4-3-5-10-13/h3-11,15-16,18H,2,17H2,1H3. The zero-order valence-electron chi connectivity index (χ0n) is 10.6. The first-order chi connectivity index (χ1) is 8.74. The van der Waals surface area contributed by atoms with Gasteiger partial charge >= 0.3 is 0 Å². The quantitative estimate of drug-likeness (QED) is 0.864. The number of hydrogen-bond donors (Lipinski definition) is 2. The maximum absolute atomic E-state index is 10.4. The molecule has 2 aromatic carbocycles. The van der Waals surface area contributed by atoms with Gasteiger partial charge in [0.25, 0.3) is 0 Å². The van der Waals surface area contributed by atoms with E-state index in [0.717, 1.165) is 23.1 Å². The van der Waals surface area contributed by atoms with Gasteiger partial charge in [-0.1, -0.05) is 61.5 Å². The zero-order chi connectivity index (χ0) is 13.0. The van der Waals surface area contributed by atoms with E-state index < -0.39 is 6.10 Å². The summed E-state index contributed by atoms with van der Waals surface area (Å²) in [6.45, 7) is 2.08. The van der Waals surface area contributed by atoms with Gasteiger partial charge < -0.3 is 10.8 Å². The van der Waals surface area contributed by atoms with Crippen molar-refractivity contribution in [2.75, 3.05) is 0 Å². The molecule has 0 bridgehead atoms. The Morgan fingerprint density at radius 1 is 1.00 bits per heavy atom. The molecule has 0 radical (unpaired) electrons. The second-order valence-corrected chi connectivity index (χ2v) is 4.43. The summed E-state index contributed by atoms with van der Waals surface area (Å²) in [5.41, 5.74) is 9.18. The van der Waals surface area contributed by atoms with Crippen LogP contribution in [-0.2, 0) is 6.42 Å². The molecular formula is C16H19NO. The van der Waals surface area contributed by atoms with Gasteiger partial charge in [-0.05, 0) is 23.1 Å². The summed E-state index contributed by atoms with van der Waals surface area (Å²) in [6.07, 6.45) is 0.234. The van der Waals surface area contributed by atoms with Gasteiger partial charge in [-0.3, -0.25) is 0 Å². The molecule has 2 unspecified atom stereocenters. The largest absolute Gasteiger partial charge is 0.386 e. The Morgan fingerprint density at radius 2 is 1.61 bits per heavy atom. The normalized spacial score (nSPS) is 14.2. The van der Waals surface area contributed by atoms with Gasteiger partial charge in [-0.25, -0.2) is 0 Å². The predicted octanol–water partition coefficient (Wildman–Crippen LogP) is 2.98. The summed E-state index contributed by atoms with van der Waals surface area (Å²) in [4.78, 5) is 0. The number of benzene rings is 2. The van der Waals surface area contributed by atoms with Crippen LogP contribution in [0, 0.1) is 0 Å². The maximum Gasteiger partial charge on any atom is 0.0985 e. The van der Waals surface area contributed by atoms with E-state index in [1.807, 2.05) is 54.6 Å². The first kappa shape index (κ1) is 12.8. The van der Waals surface area contributed by atoms with Gasteiger partial charge in [0, 0.05) is 0 Å². The Kier molecular flexibility index (Phi) is 4.13. The van der Waals surface area contributed by atoms with Gasteiger partial charge in [0.15, 0.2) is 0 Å². The fourth-order valence-electron chi connectivity index (χ4n) is 2.20. The summed E-state index contributed by atoms with van der Waals surface area (Å²) in [6, 6.07) is 17.2. The molecule has 94 valence electrons. The maximum atomic E-state index is 10.4. The molecule has 0 heterocycles. The average Bonchev–Trinajstić information content (AvgIpc) is 2.46. The fraction of sp³-hybridized carbons (Fsp3) is 0.250. The predicted molar refractivity (Wildman–Crippen MR) is 74.2 cm³/mol. The van der Waals surface area contributed by atoms with E-state index in [4.69, 9.17) is 5.73 Å². The molecule has 0 aliphatic heterocycles. The van der Waals surface area contributed by atoms with Crippen LogP contribution in [0.3, 0.4) is 0 Å². The second-order valence-electron chi connectivity index (χ2n) is 4.43. The Labute approximate surface area is 108 Å². The average molecular weight is 241 g/mol. The molecule has 0 aliphatic rings. The lowest BCUT2D eigenvalue weighted by Gasteiger charge is -2.21. The molecule has 3 N–H and O–H groups in total. The number of aryl methyl sites for hydroxylation is 1.